The van der Waals surface area contributed by atoms with Gasteiger partial charge in [0.2, 0.25) is 0 Å². The van der Waals surface area contributed by atoms with Crippen LogP contribution < -0.4 is 0 Å². The van der Waals surface area contributed by atoms with Gasteiger partial charge in [-0.3, -0.25) is 0 Å². The lowest BCUT2D eigenvalue weighted by atomic mass is 10.1. The average Bonchev–Trinajstić information content (AvgIpc) is 2.15. The van der Waals surface area contributed by atoms with E-state index in [1.165, 1.54) is 10.5 Å². The van der Waals surface area contributed by atoms with Crippen LogP contribution in [0.2, 0.25) is 0 Å². The van der Waals surface area contributed by atoms with Crippen LogP contribution in [0.1, 0.15) is 19.4 Å². The fourth-order valence-electron chi connectivity index (χ4n) is 1.02. The first-order valence-corrected chi connectivity index (χ1v) is 5.77. The third-order valence-corrected chi connectivity index (χ3v) is 2.53. The molecule has 0 saturated heterocycles. The average molecular weight is 192 g/mol. The largest absolute Gasteiger partial charge is 0.130 e. The summed E-state index contributed by atoms with van der Waals surface area (Å²) in [4.78, 5) is 1.32. The van der Waals surface area contributed by atoms with Crippen LogP contribution in [0.4, 0.5) is 0 Å². The molecule has 1 aromatic rings. The van der Waals surface area contributed by atoms with Gasteiger partial charge in [0.15, 0.2) is 0 Å². The second kappa shape index (κ2) is 5.13. The molecule has 0 aliphatic rings. The quantitative estimate of drug-likeness (QED) is 0.650. The van der Waals surface area contributed by atoms with E-state index in [9.17, 15) is 0 Å². The van der Waals surface area contributed by atoms with Crippen molar-refractivity contribution < 1.29 is 0 Å². The van der Waals surface area contributed by atoms with Gasteiger partial charge in [0, 0.05) is 4.90 Å². The molecule has 0 atom stereocenters. The van der Waals surface area contributed by atoms with Crippen molar-refractivity contribution in [3.63, 3.8) is 0 Å². The van der Waals surface area contributed by atoms with Crippen molar-refractivity contribution in [2.75, 3.05) is 6.26 Å². The lowest BCUT2D eigenvalue weighted by Gasteiger charge is -1.98. The van der Waals surface area contributed by atoms with E-state index in [2.05, 4.69) is 56.5 Å². The van der Waals surface area contributed by atoms with Gasteiger partial charge < -0.3 is 0 Å². The van der Waals surface area contributed by atoms with Crippen LogP contribution in [0.25, 0.3) is 6.08 Å². The van der Waals surface area contributed by atoms with E-state index in [0.717, 1.165) is 0 Å². The van der Waals surface area contributed by atoms with Crippen LogP contribution in [-0.2, 0) is 0 Å². The Morgan fingerprint density at radius 1 is 1.15 bits per heavy atom. The third-order valence-electron chi connectivity index (χ3n) is 1.79. The normalized spacial score (nSPS) is 11.4. The van der Waals surface area contributed by atoms with Crippen molar-refractivity contribution in [2.45, 2.75) is 18.7 Å². The van der Waals surface area contributed by atoms with Crippen molar-refractivity contribution in [2.24, 2.45) is 5.92 Å². The second-order valence-electron chi connectivity index (χ2n) is 3.38. The number of benzene rings is 1. The molecule has 0 saturated carbocycles. The summed E-state index contributed by atoms with van der Waals surface area (Å²) in [6.07, 6.45) is 6.49. The zero-order valence-electron chi connectivity index (χ0n) is 8.45. The highest BCUT2D eigenvalue weighted by Crippen LogP contribution is 2.15. The van der Waals surface area contributed by atoms with Gasteiger partial charge in [0.1, 0.15) is 0 Å². The van der Waals surface area contributed by atoms with Gasteiger partial charge >= 0.3 is 0 Å². The second-order valence-corrected chi connectivity index (χ2v) is 4.26. The van der Waals surface area contributed by atoms with E-state index in [1.54, 1.807) is 11.8 Å². The van der Waals surface area contributed by atoms with Crippen molar-refractivity contribution in [1.29, 1.82) is 0 Å². The number of thioether (sulfide) groups is 1. The van der Waals surface area contributed by atoms with E-state index < -0.39 is 0 Å². The van der Waals surface area contributed by atoms with Crippen molar-refractivity contribution in [1.82, 2.24) is 0 Å². The Bertz CT molecular complexity index is 270. The van der Waals surface area contributed by atoms with Crippen molar-refractivity contribution in [3.05, 3.63) is 35.9 Å². The van der Waals surface area contributed by atoms with Crippen molar-refractivity contribution in [3.8, 4) is 0 Å². The fourth-order valence-corrected chi connectivity index (χ4v) is 1.43. The molecule has 0 radical (unpaired) electrons. The Hall–Kier alpha value is -0.690. The maximum atomic E-state index is 2.22. The molecule has 0 aliphatic carbocycles. The summed E-state index contributed by atoms with van der Waals surface area (Å²) in [5.41, 5.74) is 1.28. The van der Waals surface area contributed by atoms with E-state index in [0.29, 0.717) is 5.92 Å². The molecular weight excluding hydrogens is 176 g/mol. The Kier molecular flexibility index (Phi) is 4.10. The highest BCUT2D eigenvalue weighted by Gasteiger charge is 1.90. The van der Waals surface area contributed by atoms with Crippen LogP contribution in [0, 0.1) is 5.92 Å². The van der Waals surface area contributed by atoms with Crippen LogP contribution in [0.5, 0.6) is 0 Å². The molecule has 0 amide bonds. The molecule has 1 aromatic carbocycles. The van der Waals surface area contributed by atoms with Crippen LogP contribution >= 0.6 is 11.8 Å². The maximum absolute atomic E-state index is 2.22. The fraction of sp³-hybridized carbons (Fsp3) is 0.333. The van der Waals surface area contributed by atoms with Crippen LogP contribution in [-0.4, -0.2) is 6.26 Å². The highest BCUT2D eigenvalue weighted by atomic mass is 32.2. The Morgan fingerprint density at radius 2 is 1.77 bits per heavy atom. The predicted octanol–water partition coefficient (Wildman–Crippen LogP) is 4.08. The Balaban J connectivity index is 2.69. The molecule has 13 heavy (non-hydrogen) atoms. The molecule has 0 fully saturated rings. The lowest BCUT2D eigenvalue weighted by Crippen LogP contribution is -1.78. The summed E-state index contributed by atoms with van der Waals surface area (Å²) in [6, 6.07) is 8.63. The van der Waals surface area contributed by atoms with Gasteiger partial charge in [-0.25, -0.2) is 0 Å². The molecule has 0 heterocycles. The minimum atomic E-state index is 0.625. The van der Waals surface area contributed by atoms with Gasteiger partial charge in [-0.2, -0.15) is 0 Å². The van der Waals surface area contributed by atoms with Gasteiger partial charge in [0.25, 0.3) is 0 Å². The predicted molar refractivity (Wildman–Crippen MR) is 62.1 cm³/mol. The van der Waals surface area contributed by atoms with E-state index in [4.69, 9.17) is 0 Å². The summed E-state index contributed by atoms with van der Waals surface area (Å²) < 4.78 is 0. The SMILES string of the molecule is CSc1ccc(/C=C/C(C)C)cc1. The maximum Gasteiger partial charge on any atom is 0.00695 e. The zero-order chi connectivity index (χ0) is 9.68. The van der Waals surface area contributed by atoms with Crippen LogP contribution in [0.15, 0.2) is 35.2 Å². The molecule has 0 N–H and O–H groups in total. The van der Waals surface area contributed by atoms with Crippen molar-refractivity contribution >= 4 is 17.8 Å². The summed E-state index contributed by atoms with van der Waals surface area (Å²) in [7, 11) is 0. The molecule has 0 spiro atoms. The van der Waals surface area contributed by atoms with E-state index >= 15 is 0 Å². The molecular formula is C12H16S. The Morgan fingerprint density at radius 3 is 2.23 bits per heavy atom. The van der Waals surface area contributed by atoms with Gasteiger partial charge in [-0.15, -0.1) is 11.8 Å². The molecule has 1 heteroatoms. The van der Waals surface area contributed by atoms with Gasteiger partial charge in [-0.1, -0.05) is 38.1 Å². The summed E-state index contributed by atoms with van der Waals surface area (Å²) in [5.74, 6) is 0.625. The van der Waals surface area contributed by atoms with Crippen LogP contribution in [0.3, 0.4) is 0 Å². The van der Waals surface area contributed by atoms with E-state index in [-0.39, 0.29) is 0 Å². The van der Waals surface area contributed by atoms with Gasteiger partial charge in [-0.05, 0) is 29.9 Å². The first-order valence-electron chi connectivity index (χ1n) is 4.54. The molecule has 0 aliphatic heterocycles. The molecule has 0 aromatic heterocycles. The number of rotatable bonds is 3. The standard InChI is InChI=1S/C12H16S/c1-10(2)4-5-11-6-8-12(13-3)9-7-11/h4-10H,1-3H3/b5-4+. The number of hydrogen-bond acceptors (Lipinski definition) is 1. The highest BCUT2D eigenvalue weighted by molar-refractivity contribution is 7.98. The third kappa shape index (κ3) is 3.69. The number of allylic oxidation sites excluding steroid dienone is 1. The minimum Gasteiger partial charge on any atom is -0.130 e. The Labute approximate surface area is 85.1 Å². The smallest absolute Gasteiger partial charge is 0.00695 e. The monoisotopic (exact) mass is 192 g/mol. The number of hydrogen-bond donors (Lipinski definition) is 0. The molecule has 70 valence electrons. The lowest BCUT2D eigenvalue weighted by molar-refractivity contribution is 0.836. The first kappa shape index (κ1) is 10.4. The molecule has 0 nitrogen and oxygen atoms in total. The minimum absolute atomic E-state index is 0.625. The first-order chi connectivity index (χ1) is 6.22. The topological polar surface area (TPSA) is 0 Å². The zero-order valence-corrected chi connectivity index (χ0v) is 9.27. The summed E-state index contributed by atoms with van der Waals surface area (Å²) in [6.45, 7) is 4.37. The summed E-state index contributed by atoms with van der Waals surface area (Å²) >= 11 is 1.78. The van der Waals surface area contributed by atoms with E-state index in [1.807, 2.05) is 0 Å². The molecule has 0 bridgehead atoms. The molecule has 1 rings (SSSR count). The summed E-state index contributed by atoms with van der Waals surface area (Å²) in [5, 5.41) is 0. The molecule has 0 unspecified atom stereocenters. The van der Waals surface area contributed by atoms with Gasteiger partial charge in [0.05, 0.1) is 0 Å².